The molecule has 1 aliphatic rings. The molecule has 3 N–H and O–H groups in total. The average Bonchev–Trinajstić information content (AvgIpc) is 2.31. The maximum atomic E-state index is 10.9. The van der Waals surface area contributed by atoms with Gasteiger partial charge in [-0.3, -0.25) is 0 Å². The smallest absolute Gasteiger partial charge is 0.129 e. The van der Waals surface area contributed by atoms with Gasteiger partial charge in [0, 0.05) is 11.8 Å². The topological polar surface area (TPSA) is 59.1 Å². The molecule has 0 atom stereocenters. The number of hydrogen-bond acceptors (Lipinski definition) is 3. The van der Waals surface area contributed by atoms with Gasteiger partial charge in [0.1, 0.15) is 5.82 Å². The quantitative estimate of drug-likeness (QED) is 0.815. The summed E-state index contributed by atoms with van der Waals surface area (Å²) in [6.07, 6.45) is 5.41. The van der Waals surface area contributed by atoms with Gasteiger partial charge in [0.15, 0.2) is 0 Å². The second-order valence-corrected chi connectivity index (χ2v) is 7.12. The molecular formula is C16H26N2O. The summed E-state index contributed by atoms with van der Waals surface area (Å²) in [5, 5.41) is 10.9. The third-order valence-corrected chi connectivity index (χ3v) is 4.59. The van der Waals surface area contributed by atoms with Crippen molar-refractivity contribution in [2.75, 3.05) is 5.73 Å². The first kappa shape index (κ1) is 14.3. The zero-order valence-corrected chi connectivity index (χ0v) is 12.5. The van der Waals surface area contributed by atoms with Crippen molar-refractivity contribution in [3.63, 3.8) is 0 Å². The fourth-order valence-electron chi connectivity index (χ4n) is 3.18. The molecule has 0 saturated heterocycles. The number of aromatic nitrogens is 1. The van der Waals surface area contributed by atoms with E-state index in [4.69, 9.17) is 5.73 Å². The van der Waals surface area contributed by atoms with Crippen LogP contribution >= 0.6 is 0 Å². The first-order valence-corrected chi connectivity index (χ1v) is 7.17. The molecule has 0 bridgehead atoms. The summed E-state index contributed by atoms with van der Waals surface area (Å²) >= 11 is 0. The van der Waals surface area contributed by atoms with Crippen LogP contribution in [-0.4, -0.2) is 10.1 Å². The van der Waals surface area contributed by atoms with Gasteiger partial charge >= 0.3 is 0 Å². The van der Waals surface area contributed by atoms with Crippen molar-refractivity contribution in [3.8, 4) is 0 Å². The molecule has 1 saturated carbocycles. The zero-order valence-electron chi connectivity index (χ0n) is 12.5. The van der Waals surface area contributed by atoms with Crippen LogP contribution in [0.25, 0.3) is 0 Å². The Bertz CT molecular complexity index is 454. The van der Waals surface area contributed by atoms with E-state index in [0.29, 0.717) is 17.2 Å². The van der Waals surface area contributed by atoms with Gasteiger partial charge in [0.2, 0.25) is 0 Å². The van der Waals surface area contributed by atoms with Crippen molar-refractivity contribution in [2.24, 2.45) is 11.3 Å². The van der Waals surface area contributed by atoms with E-state index in [-0.39, 0.29) is 0 Å². The molecule has 1 aromatic rings. The van der Waals surface area contributed by atoms with E-state index < -0.39 is 5.60 Å². The van der Waals surface area contributed by atoms with E-state index in [1.54, 1.807) is 6.20 Å². The maximum absolute atomic E-state index is 10.9. The number of pyridine rings is 1. The molecule has 0 aliphatic heterocycles. The Morgan fingerprint density at radius 1 is 1.32 bits per heavy atom. The van der Waals surface area contributed by atoms with Crippen LogP contribution < -0.4 is 5.73 Å². The van der Waals surface area contributed by atoms with Gasteiger partial charge in [-0.2, -0.15) is 0 Å². The van der Waals surface area contributed by atoms with Crippen molar-refractivity contribution in [3.05, 3.63) is 23.4 Å². The molecule has 19 heavy (non-hydrogen) atoms. The molecule has 0 aromatic carbocycles. The predicted octanol–water partition coefficient (Wildman–Crippen LogP) is 3.40. The standard InChI is InChI=1S/C16H26N2O/c1-11-9-13(14(17)18-10-11)16(19)7-5-12(6-8-16)15(2,3)4/h9-10,12,19H,5-8H2,1-4H3,(H2,17,18). The summed E-state index contributed by atoms with van der Waals surface area (Å²) < 4.78 is 0. The number of nitrogen functional groups attached to an aromatic ring is 1. The summed E-state index contributed by atoms with van der Waals surface area (Å²) in [6, 6.07) is 1.99. The van der Waals surface area contributed by atoms with Gasteiger partial charge in [0.05, 0.1) is 5.60 Å². The van der Waals surface area contributed by atoms with E-state index in [9.17, 15) is 5.11 Å². The Hall–Kier alpha value is -1.09. The molecule has 1 fully saturated rings. The fourth-order valence-corrected chi connectivity index (χ4v) is 3.18. The normalized spacial score (nSPS) is 28.4. The Labute approximate surface area is 116 Å². The van der Waals surface area contributed by atoms with E-state index >= 15 is 0 Å². The number of anilines is 1. The predicted molar refractivity (Wildman–Crippen MR) is 78.7 cm³/mol. The van der Waals surface area contributed by atoms with Gasteiger partial charge in [-0.05, 0) is 55.6 Å². The van der Waals surface area contributed by atoms with Crippen molar-refractivity contribution in [2.45, 2.75) is 59.0 Å². The lowest BCUT2D eigenvalue weighted by Gasteiger charge is -2.41. The lowest BCUT2D eigenvalue weighted by atomic mass is 9.67. The minimum atomic E-state index is -0.787. The number of nitrogens with two attached hydrogens (primary N) is 1. The van der Waals surface area contributed by atoms with Gasteiger partial charge in [-0.25, -0.2) is 4.98 Å². The summed E-state index contributed by atoms with van der Waals surface area (Å²) in [6.45, 7) is 8.83. The third kappa shape index (κ3) is 2.92. The van der Waals surface area contributed by atoms with Crippen LogP contribution in [0.3, 0.4) is 0 Å². The van der Waals surface area contributed by atoms with Crippen LogP contribution in [0.1, 0.15) is 57.6 Å². The number of aliphatic hydroxyl groups is 1. The van der Waals surface area contributed by atoms with Crippen molar-refractivity contribution in [1.82, 2.24) is 4.98 Å². The molecule has 2 rings (SSSR count). The Morgan fingerprint density at radius 2 is 1.89 bits per heavy atom. The summed E-state index contributed by atoms with van der Waals surface area (Å²) in [5.41, 5.74) is 7.36. The Kier molecular flexibility index (Phi) is 3.61. The molecule has 0 unspecified atom stereocenters. The molecule has 1 aliphatic carbocycles. The zero-order chi connectivity index (χ0) is 14.3. The largest absolute Gasteiger partial charge is 0.385 e. The molecular weight excluding hydrogens is 236 g/mol. The number of hydrogen-bond donors (Lipinski definition) is 2. The number of nitrogens with zero attached hydrogens (tertiary/aromatic N) is 1. The van der Waals surface area contributed by atoms with Crippen molar-refractivity contribution in [1.29, 1.82) is 0 Å². The first-order valence-electron chi connectivity index (χ1n) is 7.17. The highest BCUT2D eigenvalue weighted by Crippen LogP contribution is 2.46. The maximum Gasteiger partial charge on any atom is 0.129 e. The van der Waals surface area contributed by atoms with Gasteiger partial charge in [-0.1, -0.05) is 20.8 Å². The van der Waals surface area contributed by atoms with E-state index in [0.717, 1.165) is 36.8 Å². The van der Waals surface area contributed by atoms with E-state index in [1.165, 1.54) is 0 Å². The number of rotatable bonds is 1. The van der Waals surface area contributed by atoms with Crippen LogP contribution in [0, 0.1) is 18.3 Å². The minimum absolute atomic E-state index is 0.317. The molecule has 0 radical (unpaired) electrons. The van der Waals surface area contributed by atoms with Crippen LogP contribution in [0.5, 0.6) is 0 Å². The van der Waals surface area contributed by atoms with Gasteiger partial charge < -0.3 is 10.8 Å². The molecule has 1 aromatic heterocycles. The summed E-state index contributed by atoms with van der Waals surface area (Å²) in [5.74, 6) is 1.15. The van der Waals surface area contributed by atoms with Crippen LogP contribution in [-0.2, 0) is 5.60 Å². The Morgan fingerprint density at radius 3 is 2.42 bits per heavy atom. The molecule has 0 amide bonds. The second-order valence-electron chi connectivity index (χ2n) is 7.12. The molecule has 1 heterocycles. The Balaban J connectivity index is 2.20. The molecule has 3 nitrogen and oxygen atoms in total. The van der Waals surface area contributed by atoms with Gasteiger partial charge in [-0.15, -0.1) is 0 Å². The molecule has 3 heteroatoms. The monoisotopic (exact) mass is 262 g/mol. The highest BCUT2D eigenvalue weighted by molar-refractivity contribution is 5.45. The molecule has 106 valence electrons. The van der Waals surface area contributed by atoms with Gasteiger partial charge in [0.25, 0.3) is 0 Å². The van der Waals surface area contributed by atoms with Crippen LogP contribution in [0.2, 0.25) is 0 Å². The summed E-state index contributed by atoms with van der Waals surface area (Å²) in [7, 11) is 0. The van der Waals surface area contributed by atoms with E-state index in [1.807, 2.05) is 13.0 Å². The van der Waals surface area contributed by atoms with E-state index in [2.05, 4.69) is 25.8 Å². The third-order valence-electron chi connectivity index (χ3n) is 4.59. The summed E-state index contributed by atoms with van der Waals surface area (Å²) in [4.78, 5) is 4.18. The van der Waals surface area contributed by atoms with Crippen molar-refractivity contribution < 1.29 is 5.11 Å². The first-order chi connectivity index (χ1) is 8.72. The van der Waals surface area contributed by atoms with Crippen molar-refractivity contribution >= 4 is 5.82 Å². The minimum Gasteiger partial charge on any atom is -0.385 e. The highest BCUT2D eigenvalue weighted by atomic mass is 16.3. The lowest BCUT2D eigenvalue weighted by Crippen LogP contribution is -2.36. The molecule has 0 spiro atoms. The fraction of sp³-hybridized carbons (Fsp3) is 0.688. The van der Waals surface area contributed by atoms with Crippen LogP contribution in [0.4, 0.5) is 5.82 Å². The van der Waals surface area contributed by atoms with Crippen LogP contribution in [0.15, 0.2) is 12.3 Å². The number of aryl methyl sites for hydroxylation is 1. The lowest BCUT2D eigenvalue weighted by molar-refractivity contribution is -0.0294. The second kappa shape index (κ2) is 4.78. The SMILES string of the molecule is Cc1cnc(N)c(C2(O)CCC(C(C)(C)C)CC2)c1. The average molecular weight is 262 g/mol. The highest BCUT2D eigenvalue weighted by Gasteiger charge is 2.39.